The van der Waals surface area contributed by atoms with Crippen molar-refractivity contribution in [3.63, 3.8) is 0 Å². The minimum Gasteiger partial charge on any atom is -0.469 e. The number of sulfone groups is 1. The molecule has 0 aromatic carbocycles. The molecule has 0 aromatic heterocycles. The van der Waals surface area contributed by atoms with Crippen LogP contribution in [0.15, 0.2) is 0 Å². The van der Waals surface area contributed by atoms with Crippen LogP contribution in [0.4, 0.5) is 0 Å². The zero-order valence-electron chi connectivity index (χ0n) is 12.9. The van der Waals surface area contributed by atoms with Gasteiger partial charge in [-0.1, -0.05) is 26.2 Å². The molecule has 0 spiro atoms. The first-order valence-corrected chi connectivity index (χ1v) is 9.09. The quantitative estimate of drug-likeness (QED) is 0.739. The Hall–Kier alpha value is -1.11. The van der Waals surface area contributed by atoms with Crippen molar-refractivity contribution in [2.45, 2.75) is 57.2 Å². The summed E-state index contributed by atoms with van der Waals surface area (Å²) in [5.74, 6) is -2.21. The van der Waals surface area contributed by atoms with E-state index in [2.05, 4.69) is 10.1 Å². The third-order valence-corrected chi connectivity index (χ3v) is 6.20. The molecule has 1 amide bonds. The summed E-state index contributed by atoms with van der Waals surface area (Å²) in [6, 6.07) is 0.0712. The van der Waals surface area contributed by atoms with Gasteiger partial charge in [0.05, 0.1) is 18.8 Å². The molecule has 7 heteroatoms. The lowest BCUT2D eigenvalue weighted by Crippen LogP contribution is -2.45. The first kappa shape index (κ1) is 17.9. The van der Waals surface area contributed by atoms with Gasteiger partial charge in [0.15, 0.2) is 9.84 Å². The maximum atomic E-state index is 12.2. The fourth-order valence-electron chi connectivity index (χ4n) is 2.49. The summed E-state index contributed by atoms with van der Waals surface area (Å²) in [6.45, 7) is 2.85. The van der Waals surface area contributed by atoms with E-state index >= 15 is 0 Å². The summed E-state index contributed by atoms with van der Waals surface area (Å²) in [6.07, 6.45) is 5.09. The van der Waals surface area contributed by atoms with Crippen molar-refractivity contribution < 1.29 is 22.7 Å². The molecule has 1 saturated carbocycles. The lowest BCUT2D eigenvalue weighted by Gasteiger charge is -2.24. The second-order valence-electron chi connectivity index (χ2n) is 5.74. The van der Waals surface area contributed by atoms with Crippen molar-refractivity contribution in [2.75, 3.05) is 12.9 Å². The Morgan fingerprint density at radius 2 is 1.76 bits per heavy atom. The van der Waals surface area contributed by atoms with Crippen LogP contribution in [-0.4, -0.2) is 44.4 Å². The third-order valence-electron chi connectivity index (χ3n) is 3.95. The number of amides is 1. The molecule has 0 bridgehead atoms. The number of hydrogen-bond donors (Lipinski definition) is 1. The topological polar surface area (TPSA) is 89.5 Å². The zero-order valence-corrected chi connectivity index (χ0v) is 13.7. The van der Waals surface area contributed by atoms with Crippen LogP contribution in [0.2, 0.25) is 0 Å². The predicted octanol–water partition coefficient (Wildman–Crippen LogP) is 1.05. The summed E-state index contributed by atoms with van der Waals surface area (Å²) in [5, 5.41) is 1.66. The van der Waals surface area contributed by atoms with E-state index in [-0.39, 0.29) is 11.8 Å². The predicted molar refractivity (Wildman–Crippen MR) is 79.4 cm³/mol. The van der Waals surface area contributed by atoms with E-state index in [1.807, 2.05) is 0 Å². The van der Waals surface area contributed by atoms with Gasteiger partial charge in [-0.05, 0) is 19.8 Å². The molecule has 0 radical (unpaired) electrons. The van der Waals surface area contributed by atoms with E-state index in [9.17, 15) is 18.0 Å². The molecule has 2 unspecified atom stereocenters. The van der Waals surface area contributed by atoms with Gasteiger partial charge in [-0.15, -0.1) is 0 Å². The first-order chi connectivity index (χ1) is 9.77. The number of methoxy groups -OCH3 is 1. The third kappa shape index (κ3) is 5.30. The highest BCUT2D eigenvalue weighted by Gasteiger charge is 2.32. The minimum atomic E-state index is -3.68. The highest BCUT2D eigenvalue weighted by molar-refractivity contribution is 7.92. The van der Waals surface area contributed by atoms with Gasteiger partial charge in [-0.3, -0.25) is 9.59 Å². The maximum absolute atomic E-state index is 12.2. The smallest absolute Gasteiger partial charge is 0.309 e. The summed E-state index contributed by atoms with van der Waals surface area (Å²) >= 11 is 0. The van der Waals surface area contributed by atoms with Gasteiger partial charge in [0.2, 0.25) is 5.91 Å². The Kier molecular flexibility index (Phi) is 6.64. The monoisotopic (exact) mass is 319 g/mol. The van der Waals surface area contributed by atoms with Gasteiger partial charge in [0, 0.05) is 6.04 Å². The van der Waals surface area contributed by atoms with Crippen molar-refractivity contribution >= 4 is 21.7 Å². The van der Waals surface area contributed by atoms with E-state index in [0.717, 1.165) is 32.1 Å². The lowest BCUT2D eigenvalue weighted by molar-refractivity contribution is -0.144. The molecule has 1 rings (SSSR count). The molecule has 0 heterocycles. The lowest BCUT2D eigenvalue weighted by atomic mass is 9.95. The molecule has 122 valence electrons. The Balaban J connectivity index is 2.60. The molecule has 2 atom stereocenters. The van der Waals surface area contributed by atoms with Crippen LogP contribution in [-0.2, 0) is 24.2 Å². The van der Waals surface area contributed by atoms with E-state index < -0.39 is 32.9 Å². The molecule has 21 heavy (non-hydrogen) atoms. The molecule has 1 aliphatic carbocycles. The second kappa shape index (κ2) is 7.77. The molecule has 1 fully saturated rings. The fourth-order valence-corrected chi connectivity index (χ4v) is 4.01. The van der Waals surface area contributed by atoms with Gasteiger partial charge in [0.1, 0.15) is 5.25 Å². The largest absolute Gasteiger partial charge is 0.469 e. The van der Waals surface area contributed by atoms with Crippen molar-refractivity contribution in [3.8, 4) is 0 Å². The van der Waals surface area contributed by atoms with Crippen molar-refractivity contribution in [3.05, 3.63) is 0 Å². The number of hydrogen-bond acceptors (Lipinski definition) is 5. The Morgan fingerprint density at radius 3 is 2.29 bits per heavy atom. The minimum absolute atomic E-state index is 0.0712. The van der Waals surface area contributed by atoms with Crippen molar-refractivity contribution in [1.29, 1.82) is 0 Å². The highest BCUT2D eigenvalue weighted by Crippen LogP contribution is 2.18. The molecule has 0 aliphatic heterocycles. The van der Waals surface area contributed by atoms with Crippen LogP contribution < -0.4 is 5.32 Å². The molecule has 0 aromatic rings. The van der Waals surface area contributed by atoms with Gasteiger partial charge >= 0.3 is 5.97 Å². The van der Waals surface area contributed by atoms with Crippen LogP contribution in [0.25, 0.3) is 0 Å². The van der Waals surface area contributed by atoms with Gasteiger partial charge in [0.25, 0.3) is 0 Å². The standard InChI is InChI=1S/C14H25NO5S/c1-10(14(17)20-3)9-21(18,19)11(2)13(16)15-12-7-5-4-6-8-12/h10-12H,4-9H2,1-3H3,(H,15,16). The Morgan fingerprint density at radius 1 is 1.19 bits per heavy atom. The van der Waals surface area contributed by atoms with Crippen LogP contribution in [0, 0.1) is 5.92 Å². The molecule has 1 N–H and O–H groups in total. The highest BCUT2D eigenvalue weighted by atomic mass is 32.2. The van der Waals surface area contributed by atoms with E-state index in [0.29, 0.717) is 0 Å². The Labute approximate surface area is 126 Å². The van der Waals surface area contributed by atoms with Crippen LogP contribution in [0.3, 0.4) is 0 Å². The number of carbonyl (C=O) groups is 2. The number of nitrogens with one attached hydrogen (secondary N) is 1. The number of rotatable bonds is 6. The second-order valence-corrected chi connectivity index (χ2v) is 8.11. The van der Waals surface area contributed by atoms with Gasteiger partial charge in [-0.2, -0.15) is 0 Å². The van der Waals surface area contributed by atoms with E-state index in [4.69, 9.17) is 0 Å². The van der Waals surface area contributed by atoms with Crippen molar-refractivity contribution in [1.82, 2.24) is 5.32 Å². The Bertz CT molecular complexity index is 468. The molecule has 1 aliphatic rings. The normalized spacial score (nSPS) is 19.6. The average molecular weight is 319 g/mol. The van der Waals surface area contributed by atoms with Crippen LogP contribution in [0.1, 0.15) is 46.0 Å². The van der Waals surface area contributed by atoms with E-state index in [1.165, 1.54) is 21.0 Å². The first-order valence-electron chi connectivity index (χ1n) is 7.37. The number of esters is 1. The zero-order chi connectivity index (χ0) is 16.0. The summed E-state index contributed by atoms with van der Waals surface area (Å²) in [5.41, 5.74) is 0. The van der Waals surface area contributed by atoms with Crippen LogP contribution >= 0.6 is 0 Å². The van der Waals surface area contributed by atoms with E-state index in [1.54, 1.807) is 0 Å². The average Bonchev–Trinajstić information content (AvgIpc) is 2.45. The molecule has 0 saturated heterocycles. The molecular formula is C14H25NO5S. The SMILES string of the molecule is COC(=O)C(C)CS(=O)(=O)C(C)C(=O)NC1CCCCC1. The molecular weight excluding hydrogens is 294 g/mol. The van der Waals surface area contributed by atoms with Gasteiger partial charge in [-0.25, -0.2) is 8.42 Å². The number of ether oxygens (including phenoxy) is 1. The van der Waals surface area contributed by atoms with Crippen molar-refractivity contribution in [2.24, 2.45) is 5.92 Å². The summed E-state index contributed by atoms with van der Waals surface area (Å²) in [4.78, 5) is 23.4. The summed E-state index contributed by atoms with van der Waals surface area (Å²) in [7, 11) is -2.46. The van der Waals surface area contributed by atoms with Crippen LogP contribution in [0.5, 0.6) is 0 Å². The number of carbonyl (C=O) groups excluding carboxylic acids is 2. The summed E-state index contributed by atoms with van der Waals surface area (Å²) < 4.78 is 28.9. The van der Waals surface area contributed by atoms with Gasteiger partial charge < -0.3 is 10.1 Å². The fraction of sp³-hybridized carbons (Fsp3) is 0.857. The molecule has 6 nitrogen and oxygen atoms in total. The maximum Gasteiger partial charge on any atom is 0.309 e.